The Hall–Kier alpha value is -2.41. The van der Waals surface area contributed by atoms with Gasteiger partial charge in [0.05, 0.1) is 13.2 Å². The highest BCUT2D eigenvalue weighted by molar-refractivity contribution is 5.47. The molecule has 0 spiro atoms. The van der Waals surface area contributed by atoms with Crippen LogP contribution in [0.15, 0.2) is 35.1 Å². The Morgan fingerprint density at radius 2 is 2.00 bits per heavy atom. The fraction of sp³-hybridized carbons (Fsp3) is 0.524. The minimum atomic E-state index is -0.214. The van der Waals surface area contributed by atoms with Crippen LogP contribution in [0.2, 0.25) is 0 Å². The van der Waals surface area contributed by atoms with Gasteiger partial charge in [-0.25, -0.2) is 4.39 Å². The number of nitrogens with one attached hydrogen (secondary N) is 1. The number of hydrogen-bond donors (Lipinski definition) is 1. The van der Waals surface area contributed by atoms with Crippen molar-refractivity contribution < 1.29 is 9.13 Å². The number of aromatic nitrogens is 2. The number of hydrogen-bond acceptors (Lipinski definition) is 5. The zero-order valence-electron chi connectivity index (χ0n) is 16.0. The molecule has 2 saturated heterocycles. The van der Waals surface area contributed by atoms with Gasteiger partial charge in [-0.1, -0.05) is 19.1 Å². The fourth-order valence-corrected chi connectivity index (χ4v) is 4.95. The molecule has 2 aromatic rings. The van der Waals surface area contributed by atoms with Crippen molar-refractivity contribution in [3.8, 4) is 0 Å². The molecule has 148 valence electrons. The number of morpholine rings is 1. The quantitative estimate of drug-likeness (QED) is 0.874. The predicted molar refractivity (Wildman–Crippen MR) is 105 cm³/mol. The van der Waals surface area contributed by atoms with Gasteiger partial charge < -0.3 is 14.5 Å². The maximum atomic E-state index is 13.3. The van der Waals surface area contributed by atoms with Crippen LogP contribution >= 0.6 is 0 Å². The van der Waals surface area contributed by atoms with Gasteiger partial charge in [-0.2, -0.15) is 4.98 Å². The van der Waals surface area contributed by atoms with E-state index < -0.39 is 0 Å². The molecular weight excluding hydrogens is 359 g/mol. The van der Waals surface area contributed by atoms with Crippen molar-refractivity contribution in [2.75, 3.05) is 42.6 Å². The molecule has 2 aliphatic heterocycles. The van der Waals surface area contributed by atoms with Gasteiger partial charge in [0, 0.05) is 31.7 Å². The van der Waals surface area contributed by atoms with Crippen molar-refractivity contribution >= 4 is 11.8 Å². The van der Waals surface area contributed by atoms with Crippen LogP contribution < -0.4 is 15.4 Å². The smallest absolute Gasteiger partial charge is 0.254 e. The highest BCUT2D eigenvalue weighted by Gasteiger charge is 2.59. The maximum absolute atomic E-state index is 13.3. The van der Waals surface area contributed by atoms with Crippen LogP contribution in [0.1, 0.15) is 12.5 Å². The third-order valence-electron chi connectivity index (χ3n) is 6.57. The van der Waals surface area contributed by atoms with Crippen molar-refractivity contribution in [3.63, 3.8) is 0 Å². The first-order chi connectivity index (χ1) is 13.6. The highest BCUT2D eigenvalue weighted by atomic mass is 19.1. The molecule has 1 aromatic heterocycles. The van der Waals surface area contributed by atoms with Gasteiger partial charge in [-0.3, -0.25) is 9.78 Å². The van der Waals surface area contributed by atoms with Crippen LogP contribution in [-0.2, 0) is 11.2 Å². The van der Waals surface area contributed by atoms with Crippen LogP contribution in [0.5, 0.6) is 0 Å². The number of anilines is 2. The van der Waals surface area contributed by atoms with Crippen molar-refractivity contribution in [2.45, 2.75) is 19.4 Å². The molecular formula is C21H25FN4O2. The summed E-state index contributed by atoms with van der Waals surface area (Å²) in [5.74, 6) is 3.09. The Balaban J connectivity index is 1.43. The fourth-order valence-electron chi connectivity index (χ4n) is 4.95. The van der Waals surface area contributed by atoms with E-state index in [2.05, 4.69) is 21.7 Å². The molecule has 3 heterocycles. The second kappa shape index (κ2) is 6.88. The first-order valence-corrected chi connectivity index (χ1v) is 10.1. The SMILES string of the molecule is C[C@H]1C2[C@H]1CN(c1nc(N3CCOCC3)cc(=O)[nH]1)[C@@H]2Cc1ccc(F)cc1. The van der Waals surface area contributed by atoms with Crippen molar-refractivity contribution in [1.82, 2.24) is 9.97 Å². The van der Waals surface area contributed by atoms with Crippen LogP contribution in [-0.4, -0.2) is 48.9 Å². The largest absolute Gasteiger partial charge is 0.378 e. The summed E-state index contributed by atoms with van der Waals surface area (Å²) >= 11 is 0. The Morgan fingerprint density at radius 3 is 2.75 bits per heavy atom. The Labute approximate surface area is 163 Å². The molecule has 6 nitrogen and oxygen atoms in total. The Kier molecular flexibility index (Phi) is 4.34. The zero-order chi connectivity index (χ0) is 19.3. The first kappa shape index (κ1) is 17.7. The van der Waals surface area contributed by atoms with Gasteiger partial charge in [0.25, 0.3) is 5.56 Å². The molecule has 0 bridgehead atoms. The summed E-state index contributed by atoms with van der Waals surface area (Å²) in [5, 5.41) is 0. The molecule has 28 heavy (non-hydrogen) atoms. The summed E-state index contributed by atoms with van der Waals surface area (Å²) in [6.45, 7) is 6.01. The highest BCUT2D eigenvalue weighted by Crippen LogP contribution is 2.56. The number of H-pyrrole nitrogens is 1. The second-order valence-corrected chi connectivity index (χ2v) is 8.18. The van der Waals surface area contributed by atoms with Crippen molar-refractivity contribution in [3.05, 3.63) is 52.1 Å². The molecule has 0 amide bonds. The molecule has 0 radical (unpaired) electrons. The minimum Gasteiger partial charge on any atom is -0.378 e. The number of halogens is 1. The molecule has 1 aromatic carbocycles. The number of benzene rings is 1. The molecule has 3 aliphatic rings. The summed E-state index contributed by atoms with van der Waals surface area (Å²) in [4.78, 5) is 24.5. The molecule has 1 saturated carbocycles. The molecule has 5 rings (SSSR count). The standard InChI is InChI=1S/C21H25FN4O2/c1-13-16-12-26(17(20(13)16)10-14-2-4-15(22)5-3-14)21-23-18(11-19(27)24-21)25-6-8-28-9-7-25/h2-5,11,13,16-17,20H,6-10,12H2,1H3,(H,23,24,27)/t13-,16+,17-,20?/m1/s1. The molecule has 1 aliphatic carbocycles. The number of aromatic amines is 1. The number of fused-ring (bicyclic) bond motifs is 1. The topological polar surface area (TPSA) is 61.5 Å². The average Bonchev–Trinajstić information content (AvgIpc) is 3.17. The van der Waals surface area contributed by atoms with E-state index in [0.717, 1.165) is 37.4 Å². The molecule has 1 unspecified atom stereocenters. The summed E-state index contributed by atoms with van der Waals surface area (Å²) in [6.07, 6.45) is 0.831. The van der Waals surface area contributed by atoms with E-state index in [4.69, 9.17) is 9.72 Å². The maximum Gasteiger partial charge on any atom is 0.254 e. The van der Waals surface area contributed by atoms with Crippen LogP contribution in [0.3, 0.4) is 0 Å². The lowest BCUT2D eigenvalue weighted by atomic mass is 10.0. The lowest BCUT2D eigenvalue weighted by Crippen LogP contribution is -2.40. The number of nitrogens with zero attached hydrogens (tertiary/aromatic N) is 3. The van der Waals surface area contributed by atoms with E-state index in [1.807, 2.05) is 12.1 Å². The summed E-state index contributed by atoms with van der Waals surface area (Å²) in [7, 11) is 0. The number of piperidine rings is 1. The third kappa shape index (κ3) is 3.17. The van der Waals surface area contributed by atoms with E-state index in [1.54, 1.807) is 6.07 Å². The monoisotopic (exact) mass is 384 g/mol. The second-order valence-electron chi connectivity index (χ2n) is 8.18. The van der Waals surface area contributed by atoms with Crippen molar-refractivity contribution in [1.29, 1.82) is 0 Å². The molecule has 1 N–H and O–H groups in total. The Morgan fingerprint density at radius 1 is 1.25 bits per heavy atom. The number of rotatable bonds is 4. The van der Waals surface area contributed by atoms with Crippen LogP contribution in [0.4, 0.5) is 16.2 Å². The van der Waals surface area contributed by atoms with E-state index in [0.29, 0.717) is 36.9 Å². The minimum absolute atomic E-state index is 0.124. The van der Waals surface area contributed by atoms with Gasteiger partial charge in [-0.05, 0) is 41.9 Å². The van der Waals surface area contributed by atoms with E-state index in [1.165, 1.54) is 12.1 Å². The van der Waals surface area contributed by atoms with E-state index in [-0.39, 0.29) is 17.4 Å². The van der Waals surface area contributed by atoms with E-state index in [9.17, 15) is 9.18 Å². The summed E-state index contributed by atoms with van der Waals surface area (Å²) in [5.41, 5.74) is 0.989. The normalized spacial score (nSPS) is 29.1. The summed E-state index contributed by atoms with van der Waals surface area (Å²) < 4.78 is 18.7. The molecule has 3 fully saturated rings. The Bertz CT molecular complexity index is 909. The number of ether oxygens (including phenoxy) is 1. The lowest BCUT2D eigenvalue weighted by Gasteiger charge is -2.31. The molecule has 7 heteroatoms. The van der Waals surface area contributed by atoms with Crippen LogP contribution in [0, 0.1) is 23.6 Å². The van der Waals surface area contributed by atoms with Crippen molar-refractivity contribution in [2.24, 2.45) is 17.8 Å². The van der Waals surface area contributed by atoms with Crippen LogP contribution in [0.25, 0.3) is 0 Å². The zero-order valence-corrected chi connectivity index (χ0v) is 16.0. The van der Waals surface area contributed by atoms with Gasteiger partial charge in [0.1, 0.15) is 11.6 Å². The summed E-state index contributed by atoms with van der Waals surface area (Å²) in [6, 6.07) is 8.59. The van der Waals surface area contributed by atoms with Gasteiger partial charge >= 0.3 is 0 Å². The lowest BCUT2D eigenvalue weighted by molar-refractivity contribution is 0.122. The van der Waals surface area contributed by atoms with Gasteiger partial charge in [0.15, 0.2) is 0 Å². The van der Waals surface area contributed by atoms with Gasteiger partial charge in [-0.15, -0.1) is 0 Å². The third-order valence-corrected chi connectivity index (χ3v) is 6.57. The predicted octanol–water partition coefficient (Wildman–Crippen LogP) is 2.06. The molecule has 4 atom stereocenters. The van der Waals surface area contributed by atoms with E-state index >= 15 is 0 Å². The van der Waals surface area contributed by atoms with Gasteiger partial charge in [0.2, 0.25) is 5.95 Å². The first-order valence-electron chi connectivity index (χ1n) is 10.1. The average molecular weight is 384 g/mol.